The van der Waals surface area contributed by atoms with Gasteiger partial charge in [-0.05, 0) is 37.0 Å². The Labute approximate surface area is 153 Å². The zero-order chi connectivity index (χ0) is 18.8. The number of carbonyl (C=O) groups is 3. The molecule has 1 fully saturated rings. The Balaban J connectivity index is 1.55. The van der Waals surface area contributed by atoms with Crippen LogP contribution in [0.2, 0.25) is 0 Å². The van der Waals surface area contributed by atoms with Crippen LogP contribution in [0.4, 0.5) is 4.79 Å². The van der Waals surface area contributed by atoms with Crippen LogP contribution in [-0.4, -0.2) is 35.6 Å². The van der Waals surface area contributed by atoms with E-state index in [2.05, 4.69) is 16.0 Å². The number of aromatic carboxylic acids is 1. The normalized spacial score (nSPS) is 14.5. The number of carbonyl (C=O) groups excluding carboxylic acids is 2. The molecule has 142 valence electrons. The Morgan fingerprint density at radius 1 is 1.00 bits per heavy atom. The molecule has 0 atom stereocenters. The summed E-state index contributed by atoms with van der Waals surface area (Å²) in [7, 11) is 0. The first-order valence-electron chi connectivity index (χ1n) is 9.18. The standard InChI is InChI=1S/C19H27N3O4/c23-17(21-13-14-8-10-15(11-9-14)18(24)25)7-4-12-20-19(26)22-16-5-2-1-3-6-16/h8-11,16H,1-7,12-13H2,(H,21,23)(H,24,25)(H2,20,22,26). The van der Waals surface area contributed by atoms with Crippen molar-refractivity contribution in [3.05, 3.63) is 35.4 Å². The summed E-state index contributed by atoms with van der Waals surface area (Å²) < 4.78 is 0. The van der Waals surface area contributed by atoms with Crippen molar-refractivity contribution in [2.75, 3.05) is 6.54 Å². The van der Waals surface area contributed by atoms with Crippen LogP contribution in [0.15, 0.2) is 24.3 Å². The third-order valence-electron chi connectivity index (χ3n) is 4.50. The second kappa shape index (κ2) is 10.4. The molecule has 0 heterocycles. The van der Waals surface area contributed by atoms with Crippen LogP contribution in [-0.2, 0) is 11.3 Å². The summed E-state index contributed by atoms with van der Waals surface area (Å²) in [5, 5.41) is 17.4. The molecule has 3 amide bonds. The van der Waals surface area contributed by atoms with Crippen molar-refractivity contribution in [3.8, 4) is 0 Å². The zero-order valence-electron chi connectivity index (χ0n) is 14.9. The van der Waals surface area contributed by atoms with Crippen LogP contribution in [0.5, 0.6) is 0 Å². The number of rotatable bonds is 8. The summed E-state index contributed by atoms with van der Waals surface area (Å²) in [6, 6.07) is 6.51. The molecule has 0 radical (unpaired) electrons. The molecule has 1 saturated carbocycles. The molecule has 7 heteroatoms. The molecule has 0 spiro atoms. The summed E-state index contributed by atoms with van der Waals surface area (Å²) in [6.07, 6.45) is 6.58. The van der Waals surface area contributed by atoms with Crippen LogP contribution >= 0.6 is 0 Å². The van der Waals surface area contributed by atoms with Gasteiger partial charge in [0, 0.05) is 25.6 Å². The van der Waals surface area contributed by atoms with Gasteiger partial charge in [0.05, 0.1) is 5.56 Å². The van der Waals surface area contributed by atoms with E-state index in [1.165, 1.54) is 31.4 Å². The second-order valence-corrected chi connectivity index (χ2v) is 6.62. The molecule has 7 nitrogen and oxygen atoms in total. The van der Waals surface area contributed by atoms with Crippen molar-refractivity contribution in [2.24, 2.45) is 0 Å². The first kappa shape index (κ1) is 19.8. The number of hydrogen-bond acceptors (Lipinski definition) is 3. The SMILES string of the molecule is O=C(CCCNC(=O)NC1CCCCC1)NCc1ccc(C(=O)O)cc1. The molecule has 0 unspecified atom stereocenters. The maximum absolute atomic E-state index is 11.8. The lowest BCUT2D eigenvalue weighted by Crippen LogP contribution is -2.43. The van der Waals surface area contributed by atoms with Gasteiger partial charge in [0.15, 0.2) is 0 Å². The Hall–Kier alpha value is -2.57. The van der Waals surface area contributed by atoms with Crippen LogP contribution in [0.25, 0.3) is 0 Å². The van der Waals surface area contributed by atoms with Gasteiger partial charge in [-0.25, -0.2) is 9.59 Å². The maximum atomic E-state index is 11.8. The number of hydrogen-bond donors (Lipinski definition) is 4. The fraction of sp³-hybridized carbons (Fsp3) is 0.526. The number of carboxylic acids is 1. The Kier molecular flexibility index (Phi) is 7.92. The fourth-order valence-electron chi connectivity index (χ4n) is 2.99. The van der Waals surface area contributed by atoms with Crippen molar-refractivity contribution >= 4 is 17.9 Å². The highest BCUT2D eigenvalue weighted by molar-refractivity contribution is 5.87. The van der Waals surface area contributed by atoms with Gasteiger partial charge < -0.3 is 21.1 Å². The number of amides is 3. The van der Waals surface area contributed by atoms with E-state index in [9.17, 15) is 14.4 Å². The smallest absolute Gasteiger partial charge is 0.335 e. The fourth-order valence-corrected chi connectivity index (χ4v) is 2.99. The van der Waals surface area contributed by atoms with Crippen molar-refractivity contribution in [1.29, 1.82) is 0 Å². The molecule has 1 aromatic rings. The third kappa shape index (κ3) is 7.13. The summed E-state index contributed by atoms with van der Waals surface area (Å²) in [4.78, 5) is 34.4. The molecular weight excluding hydrogens is 334 g/mol. The van der Waals surface area contributed by atoms with E-state index in [1.807, 2.05) is 0 Å². The lowest BCUT2D eigenvalue weighted by molar-refractivity contribution is -0.121. The van der Waals surface area contributed by atoms with Gasteiger partial charge >= 0.3 is 12.0 Å². The minimum atomic E-state index is -0.972. The minimum absolute atomic E-state index is 0.0956. The molecule has 0 bridgehead atoms. The van der Waals surface area contributed by atoms with E-state index in [-0.39, 0.29) is 23.5 Å². The summed E-state index contributed by atoms with van der Waals surface area (Å²) >= 11 is 0. The molecule has 26 heavy (non-hydrogen) atoms. The molecule has 2 rings (SSSR count). The number of nitrogens with one attached hydrogen (secondary N) is 3. The van der Waals surface area contributed by atoms with Gasteiger partial charge in [-0.3, -0.25) is 4.79 Å². The van der Waals surface area contributed by atoms with Gasteiger partial charge in [-0.15, -0.1) is 0 Å². The van der Waals surface area contributed by atoms with E-state index in [4.69, 9.17) is 5.11 Å². The summed E-state index contributed by atoms with van der Waals surface area (Å²) in [6.45, 7) is 0.813. The largest absolute Gasteiger partial charge is 0.478 e. The van der Waals surface area contributed by atoms with E-state index in [1.54, 1.807) is 12.1 Å². The van der Waals surface area contributed by atoms with Gasteiger partial charge in [-0.1, -0.05) is 31.4 Å². The molecular formula is C19H27N3O4. The maximum Gasteiger partial charge on any atom is 0.335 e. The van der Waals surface area contributed by atoms with E-state index in [0.717, 1.165) is 18.4 Å². The molecule has 0 saturated heterocycles. The second-order valence-electron chi connectivity index (χ2n) is 6.62. The van der Waals surface area contributed by atoms with Crippen LogP contribution in [0, 0.1) is 0 Å². The van der Waals surface area contributed by atoms with Gasteiger partial charge in [-0.2, -0.15) is 0 Å². The lowest BCUT2D eigenvalue weighted by atomic mass is 9.96. The predicted molar refractivity (Wildman–Crippen MR) is 97.9 cm³/mol. The highest BCUT2D eigenvalue weighted by Crippen LogP contribution is 2.17. The molecule has 0 aromatic heterocycles. The average molecular weight is 361 g/mol. The van der Waals surface area contributed by atoms with Crippen molar-refractivity contribution in [2.45, 2.75) is 57.5 Å². The zero-order valence-corrected chi connectivity index (χ0v) is 14.9. The van der Waals surface area contributed by atoms with Crippen molar-refractivity contribution in [1.82, 2.24) is 16.0 Å². The number of benzene rings is 1. The van der Waals surface area contributed by atoms with Crippen LogP contribution < -0.4 is 16.0 Å². The monoisotopic (exact) mass is 361 g/mol. The highest BCUT2D eigenvalue weighted by Gasteiger charge is 2.15. The number of carboxylic acid groups (broad SMARTS) is 1. The van der Waals surface area contributed by atoms with Gasteiger partial charge in [0.2, 0.25) is 5.91 Å². The van der Waals surface area contributed by atoms with Gasteiger partial charge in [0.25, 0.3) is 0 Å². The molecule has 1 aromatic carbocycles. The number of urea groups is 1. The van der Waals surface area contributed by atoms with Crippen molar-refractivity contribution in [3.63, 3.8) is 0 Å². The van der Waals surface area contributed by atoms with Crippen LogP contribution in [0.1, 0.15) is 60.9 Å². The van der Waals surface area contributed by atoms with E-state index < -0.39 is 5.97 Å². The lowest BCUT2D eigenvalue weighted by Gasteiger charge is -2.22. The topological polar surface area (TPSA) is 108 Å². The Bertz CT molecular complexity index is 610. The Morgan fingerprint density at radius 2 is 1.69 bits per heavy atom. The minimum Gasteiger partial charge on any atom is -0.478 e. The summed E-state index contributed by atoms with van der Waals surface area (Å²) in [5.41, 5.74) is 1.06. The average Bonchev–Trinajstić information content (AvgIpc) is 2.64. The highest BCUT2D eigenvalue weighted by atomic mass is 16.4. The van der Waals surface area contributed by atoms with Crippen molar-refractivity contribution < 1.29 is 19.5 Å². The molecule has 1 aliphatic rings. The first-order chi connectivity index (χ1) is 12.5. The van der Waals surface area contributed by atoms with Gasteiger partial charge in [0.1, 0.15) is 0 Å². The molecule has 0 aliphatic heterocycles. The summed E-state index contributed by atoms with van der Waals surface area (Å²) in [5.74, 6) is -1.07. The molecule has 4 N–H and O–H groups in total. The molecule has 1 aliphatic carbocycles. The quantitative estimate of drug-likeness (QED) is 0.533. The first-order valence-corrected chi connectivity index (χ1v) is 9.18. The third-order valence-corrected chi connectivity index (χ3v) is 4.50. The van der Waals surface area contributed by atoms with Crippen LogP contribution in [0.3, 0.4) is 0 Å². The predicted octanol–water partition coefficient (Wildman–Crippen LogP) is 2.41. The Morgan fingerprint density at radius 3 is 2.35 bits per heavy atom. The van der Waals surface area contributed by atoms with E-state index >= 15 is 0 Å². The van der Waals surface area contributed by atoms with E-state index in [0.29, 0.717) is 25.9 Å².